The van der Waals surface area contributed by atoms with Gasteiger partial charge in [0.05, 0.1) is 11.0 Å². The number of aromatic nitrogens is 1. The van der Waals surface area contributed by atoms with Crippen LogP contribution in [0.4, 0.5) is 51.2 Å². The number of para-hydroxylation sites is 4. The van der Waals surface area contributed by atoms with Gasteiger partial charge in [-0.3, -0.25) is 0 Å². The topological polar surface area (TPSA) is 14.7 Å². The average Bonchev–Trinajstić information content (AvgIpc) is 3.64. The van der Waals surface area contributed by atoms with Crippen LogP contribution < -0.4 is 31.1 Å². The van der Waals surface area contributed by atoms with Crippen LogP contribution in [0.3, 0.4) is 0 Å². The third-order valence-corrected chi connectivity index (χ3v) is 12.6. The molecule has 0 saturated carbocycles. The van der Waals surface area contributed by atoms with Crippen molar-refractivity contribution in [3.05, 3.63) is 223 Å². The van der Waals surface area contributed by atoms with E-state index in [0.29, 0.717) is 0 Å². The van der Waals surface area contributed by atoms with Crippen LogP contribution in [0.1, 0.15) is 11.1 Å². The first-order chi connectivity index (χ1) is 30.1. The molecule has 0 unspecified atom stereocenters. The Morgan fingerprint density at radius 3 is 1.70 bits per heavy atom. The second kappa shape index (κ2) is 13.9. The maximum atomic E-state index is 2.49. The number of aryl methyl sites for hydroxylation is 2. The van der Waals surface area contributed by atoms with Crippen molar-refractivity contribution >= 4 is 96.1 Å². The van der Waals surface area contributed by atoms with E-state index in [9.17, 15) is 0 Å². The monoisotopic (exact) mass is 780 g/mol. The van der Waals surface area contributed by atoms with Crippen LogP contribution in [-0.2, 0) is 0 Å². The van der Waals surface area contributed by atoms with Gasteiger partial charge in [0, 0.05) is 67.6 Å². The zero-order valence-electron chi connectivity index (χ0n) is 34.1. The molecule has 0 N–H and O–H groups in total. The number of hydrogen-bond acceptors (Lipinski definition) is 3. The minimum atomic E-state index is 0.0393. The van der Waals surface area contributed by atoms with Crippen molar-refractivity contribution < 1.29 is 0 Å². The zero-order chi connectivity index (χ0) is 40.6. The Labute approximate surface area is 356 Å². The van der Waals surface area contributed by atoms with Gasteiger partial charge in [0.25, 0.3) is 6.71 Å². The van der Waals surface area contributed by atoms with Crippen LogP contribution in [0.2, 0.25) is 0 Å². The van der Waals surface area contributed by atoms with Gasteiger partial charge in [0.15, 0.2) is 0 Å². The first-order valence-electron chi connectivity index (χ1n) is 21.1. The van der Waals surface area contributed by atoms with E-state index in [1.54, 1.807) is 0 Å². The highest BCUT2D eigenvalue weighted by molar-refractivity contribution is 7.00. The Bertz CT molecular complexity index is 3290. The van der Waals surface area contributed by atoms with Gasteiger partial charge < -0.3 is 19.3 Å². The molecule has 2 aliphatic rings. The normalized spacial score (nSPS) is 12.7. The molecule has 3 heterocycles. The molecular formula is C56H41BN4. The fourth-order valence-electron chi connectivity index (χ4n) is 9.99. The van der Waals surface area contributed by atoms with Gasteiger partial charge in [-0.05, 0) is 133 Å². The van der Waals surface area contributed by atoms with E-state index in [1.165, 1.54) is 72.1 Å². The number of fused-ring (bicyclic) bond motifs is 7. The smallest absolute Gasteiger partial charge is 0.252 e. The number of nitrogens with zero attached hydrogens (tertiary/aromatic N) is 4. The first-order valence-corrected chi connectivity index (χ1v) is 21.1. The molecule has 4 nitrogen and oxygen atoms in total. The fourth-order valence-corrected chi connectivity index (χ4v) is 9.99. The van der Waals surface area contributed by atoms with Gasteiger partial charge in [0.1, 0.15) is 0 Å². The molecule has 61 heavy (non-hydrogen) atoms. The quantitative estimate of drug-likeness (QED) is 0.156. The summed E-state index contributed by atoms with van der Waals surface area (Å²) in [5, 5.41) is 2.45. The van der Waals surface area contributed by atoms with Crippen LogP contribution in [0.5, 0.6) is 0 Å². The summed E-state index contributed by atoms with van der Waals surface area (Å²) >= 11 is 0. The first kappa shape index (κ1) is 35.2. The van der Waals surface area contributed by atoms with Crippen molar-refractivity contribution in [2.45, 2.75) is 13.8 Å². The van der Waals surface area contributed by atoms with Gasteiger partial charge >= 0.3 is 0 Å². The third-order valence-electron chi connectivity index (χ3n) is 12.6. The average molecular weight is 781 g/mol. The summed E-state index contributed by atoms with van der Waals surface area (Å²) in [5.41, 5.74) is 20.4. The van der Waals surface area contributed by atoms with Crippen LogP contribution >= 0.6 is 0 Å². The zero-order valence-corrected chi connectivity index (χ0v) is 34.1. The van der Waals surface area contributed by atoms with E-state index in [0.717, 1.165) is 34.1 Å². The number of hydrogen-bond donors (Lipinski definition) is 0. The molecule has 0 saturated heterocycles. The predicted octanol–water partition coefficient (Wildman–Crippen LogP) is 13.0. The standard InChI is InChI=1S/C56H41BN4/c1-38-25-28-43(29-26-38)60-52-33-27-39(2)35-49(52)57-48-32-30-45(37-55(48)61(42-19-10-5-11-20-42)54-24-14-23-53(60)56(54)57)58(40-15-6-3-7-16-40)44-31-34-51-47(36-44)46-21-12-13-22-50(46)59(51)41-17-8-4-9-18-41/h3-37H,1-2H3. The van der Waals surface area contributed by atoms with Gasteiger partial charge in [-0.2, -0.15) is 0 Å². The molecule has 9 aromatic carbocycles. The minimum Gasteiger partial charge on any atom is -0.311 e. The van der Waals surface area contributed by atoms with E-state index in [-0.39, 0.29) is 6.71 Å². The maximum absolute atomic E-state index is 2.49. The molecule has 1 aromatic heterocycles. The second-order valence-corrected chi connectivity index (χ2v) is 16.4. The van der Waals surface area contributed by atoms with Crippen molar-refractivity contribution in [2.75, 3.05) is 14.7 Å². The molecule has 0 aliphatic carbocycles. The lowest BCUT2D eigenvalue weighted by Gasteiger charge is -2.44. The summed E-state index contributed by atoms with van der Waals surface area (Å²) in [6, 6.07) is 78.0. The van der Waals surface area contributed by atoms with Gasteiger partial charge in [-0.15, -0.1) is 0 Å². The lowest BCUT2D eigenvalue weighted by atomic mass is 9.33. The lowest BCUT2D eigenvalue weighted by Crippen LogP contribution is -2.61. The van der Waals surface area contributed by atoms with Crippen molar-refractivity contribution in [1.29, 1.82) is 0 Å². The summed E-state index contributed by atoms with van der Waals surface area (Å²) in [6.07, 6.45) is 0. The molecule has 0 amide bonds. The molecule has 2 aliphatic heterocycles. The predicted molar refractivity (Wildman–Crippen MR) is 259 cm³/mol. The van der Waals surface area contributed by atoms with Crippen molar-refractivity contribution in [3.8, 4) is 5.69 Å². The Hall–Kier alpha value is -7.76. The highest BCUT2D eigenvalue weighted by Crippen LogP contribution is 2.46. The van der Waals surface area contributed by atoms with Gasteiger partial charge in [-0.25, -0.2) is 0 Å². The summed E-state index contributed by atoms with van der Waals surface area (Å²) in [5.74, 6) is 0. The SMILES string of the molecule is Cc1ccc(N2c3ccc(C)cc3B3c4ccc(N(c5ccccc5)c5ccc6c(c5)c5ccccc5n6-c5ccccc5)cc4N(c4ccccc4)c4cccc2c43)cc1. The van der Waals surface area contributed by atoms with E-state index in [1.807, 2.05) is 0 Å². The lowest BCUT2D eigenvalue weighted by molar-refractivity contribution is 1.18. The molecule has 12 rings (SSSR count). The molecule has 0 atom stereocenters. The minimum absolute atomic E-state index is 0.0393. The van der Waals surface area contributed by atoms with Crippen molar-refractivity contribution in [3.63, 3.8) is 0 Å². The van der Waals surface area contributed by atoms with E-state index < -0.39 is 0 Å². The summed E-state index contributed by atoms with van der Waals surface area (Å²) in [7, 11) is 0. The Kier molecular flexibility index (Phi) is 8.04. The molecule has 10 aromatic rings. The van der Waals surface area contributed by atoms with E-state index in [2.05, 4.69) is 245 Å². The third kappa shape index (κ3) is 5.54. The van der Waals surface area contributed by atoms with Crippen molar-refractivity contribution in [2.24, 2.45) is 0 Å². The Balaban J connectivity index is 1.09. The molecule has 288 valence electrons. The Morgan fingerprint density at radius 1 is 0.361 bits per heavy atom. The van der Waals surface area contributed by atoms with E-state index in [4.69, 9.17) is 0 Å². The van der Waals surface area contributed by atoms with Crippen LogP contribution in [0.15, 0.2) is 212 Å². The fraction of sp³-hybridized carbons (Fsp3) is 0.0357. The number of anilines is 9. The summed E-state index contributed by atoms with van der Waals surface area (Å²) in [4.78, 5) is 7.37. The number of rotatable bonds is 6. The second-order valence-electron chi connectivity index (χ2n) is 16.4. The van der Waals surface area contributed by atoms with Crippen LogP contribution in [0, 0.1) is 13.8 Å². The summed E-state index contributed by atoms with van der Waals surface area (Å²) in [6.45, 7) is 4.41. The number of benzene rings is 9. The highest BCUT2D eigenvalue weighted by Gasteiger charge is 2.43. The van der Waals surface area contributed by atoms with Gasteiger partial charge in [-0.1, -0.05) is 120 Å². The van der Waals surface area contributed by atoms with Crippen LogP contribution in [0.25, 0.3) is 27.5 Å². The molecule has 0 bridgehead atoms. The van der Waals surface area contributed by atoms with Crippen molar-refractivity contribution in [1.82, 2.24) is 4.57 Å². The van der Waals surface area contributed by atoms with E-state index >= 15 is 0 Å². The molecular weight excluding hydrogens is 739 g/mol. The molecule has 0 radical (unpaired) electrons. The van der Waals surface area contributed by atoms with Crippen LogP contribution in [-0.4, -0.2) is 11.3 Å². The Morgan fingerprint density at radius 2 is 0.951 bits per heavy atom. The largest absolute Gasteiger partial charge is 0.311 e. The summed E-state index contributed by atoms with van der Waals surface area (Å²) < 4.78 is 2.38. The molecule has 0 fully saturated rings. The van der Waals surface area contributed by atoms with Gasteiger partial charge in [0.2, 0.25) is 0 Å². The molecule has 0 spiro atoms. The maximum Gasteiger partial charge on any atom is 0.252 e. The molecule has 5 heteroatoms. The highest BCUT2D eigenvalue weighted by atomic mass is 15.2.